The summed E-state index contributed by atoms with van der Waals surface area (Å²) >= 11 is 4.75. The van der Waals surface area contributed by atoms with Crippen molar-refractivity contribution >= 4 is 50.6 Å². The SMILES string of the molecule is CCOC(=O)Cc1csc(NN=Cc2cc(Br)c(OC(C)C(=O)OC)c(OC)c2)n1. The normalized spacial score (nSPS) is 11.8. The Morgan fingerprint density at radius 1 is 1.37 bits per heavy atom. The Bertz CT molecular complexity index is 918. The lowest BCUT2D eigenvalue weighted by Crippen LogP contribution is -2.25. The predicted molar refractivity (Wildman–Crippen MR) is 116 cm³/mol. The fraction of sp³-hybridized carbons (Fsp3) is 0.368. The highest BCUT2D eigenvalue weighted by Crippen LogP contribution is 2.37. The van der Waals surface area contributed by atoms with Gasteiger partial charge in [0.05, 0.1) is 43.6 Å². The summed E-state index contributed by atoms with van der Waals surface area (Å²) in [6, 6.07) is 3.48. The summed E-state index contributed by atoms with van der Waals surface area (Å²) in [6.07, 6.45) is 0.897. The third-order valence-corrected chi connectivity index (χ3v) is 5.02. The predicted octanol–water partition coefficient (Wildman–Crippen LogP) is 3.41. The van der Waals surface area contributed by atoms with Gasteiger partial charge in [-0.1, -0.05) is 0 Å². The smallest absolute Gasteiger partial charge is 0.346 e. The van der Waals surface area contributed by atoms with Gasteiger partial charge in [-0.25, -0.2) is 9.78 Å². The van der Waals surface area contributed by atoms with Crippen LogP contribution in [0, 0.1) is 0 Å². The summed E-state index contributed by atoms with van der Waals surface area (Å²) in [6.45, 7) is 3.68. The first-order valence-corrected chi connectivity index (χ1v) is 10.6. The topological polar surface area (TPSA) is 108 Å². The van der Waals surface area contributed by atoms with E-state index in [1.54, 1.807) is 37.6 Å². The van der Waals surface area contributed by atoms with Crippen molar-refractivity contribution in [1.29, 1.82) is 0 Å². The van der Waals surface area contributed by atoms with Crippen molar-refractivity contribution in [3.63, 3.8) is 0 Å². The summed E-state index contributed by atoms with van der Waals surface area (Å²) in [4.78, 5) is 27.4. The molecule has 1 atom stereocenters. The van der Waals surface area contributed by atoms with Gasteiger partial charge in [-0.3, -0.25) is 10.2 Å². The molecular weight excluding hydrogens is 478 g/mol. The lowest BCUT2D eigenvalue weighted by molar-refractivity contribution is -0.148. The Kier molecular flexibility index (Phi) is 9.06. The monoisotopic (exact) mass is 499 g/mol. The van der Waals surface area contributed by atoms with Crippen LogP contribution in [0.3, 0.4) is 0 Å². The molecule has 1 unspecified atom stereocenters. The molecule has 0 saturated heterocycles. The molecule has 0 saturated carbocycles. The Hall–Kier alpha value is -2.66. The standard InChI is InChI=1S/C19H22BrN3O6S/c1-5-28-16(24)8-13-10-30-19(22-13)23-21-9-12-6-14(20)17(15(7-12)26-3)29-11(2)18(25)27-4/h6-7,9-11H,5,8H2,1-4H3,(H,22,23). The first-order valence-electron chi connectivity index (χ1n) is 8.89. The molecule has 0 amide bonds. The fourth-order valence-electron chi connectivity index (χ4n) is 2.28. The van der Waals surface area contributed by atoms with E-state index < -0.39 is 12.1 Å². The van der Waals surface area contributed by atoms with Gasteiger partial charge in [0.1, 0.15) is 0 Å². The van der Waals surface area contributed by atoms with E-state index in [1.807, 2.05) is 0 Å². The van der Waals surface area contributed by atoms with Gasteiger partial charge in [-0.15, -0.1) is 11.3 Å². The summed E-state index contributed by atoms with van der Waals surface area (Å²) in [5.41, 5.74) is 4.15. The zero-order valence-corrected chi connectivity index (χ0v) is 19.3. The van der Waals surface area contributed by atoms with Crippen LogP contribution >= 0.6 is 27.3 Å². The number of carbonyl (C=O) groups is 2. The average Bonchev–Trinajstić information content (AvgIpc) is 3.16. The number of hydrogen-bond acceptors (Lipinski definition) is 10. The van der Waals surface area contributed by atoms with Crippen LogP contribution in [0.5, 0.6) is 11.5 Å². The minimum absolute atomic E-state index is 0.116. The maximum absolute atomic E-state index is 11.6. The maximum Gasteiger partial charge on any atom is 0.346 e. The van der Waals surface area contributed by atoms with Crippen LogP contribution in [0.2, 0.25) is 0 Å². The van der Waals surface area contributed by atoms with Crippen molar-refractivity contribution in [2.75, 3.05) is 26.3 Å². The molecule has 0 aliphatic heterocycles. The first kappa shape index (κ1) is 23.6. The van der Waals surface area contributed by atoms with E-state index in [9.17, 15) is 9.59 Å². The Morgan fingerprint density at radius 3 is 2.80 bits per heavy atom. The Morgan fingerprint density at radius 2 is 2.13 bits per heavy atom. The van der Waals surface area contributed by atoms with Crippen molar-refractivity contribution < 1.29 is 28.5 Å². The molecule has 0 aliphatic rings. The van der Waals surface area contributed by atoms with Crippen molar-refractivity contribution in [1.82, 2.24) is 4.98 Å². The molecule has 0 bridgehead atoms. The van der Waals surface area contributed by atoms with E-state index in [2.05, 4.69) is 36.2 Å². The van der Waals surface area contributed by atoms with E-state index in [1.165, 1.54) is 25.6 Å². The number of hydrogen-bond donors (Lipinski definition) is 1. The summed E-state index contributed by atoms with van der Waals surface area (Å²) < 4.78 is 21.2. The second-order valence-electron chi connectivity index (χ2n) is 5.81. The van der Waals surface area contributed by atoms with Gasteiger partial charge in [-0.2, -0.15) is 5.10 Å². The van der Waals surface area contributed by atoms with Crippen LogP contribution in [0.4, 0.5) is 5.13 Å². The van der Waals surface area contributed by atoms with E-state index in [0.29, 0.717) is 39.0 Å². The fourth-order valence-corrected chi connectivity index (χ4v) is 3.49. The largest absolute Gasteiger partial charge is 0.493 e. The van der Waals surface area contributed by atoms with Gasteiger partial charge in [-0.05, 0) is 47.5 Å². The number of nitrogens with zero attached hydrogens (tertiary/aromatic N) is 2. The molecule has 9 nitrogen and oxygen atoms in total. The Labute approximate surface area is 186 Å². The molecule has 11 heteroatoms. The number of nitrogens with one attached hydrogen (secondary N) is 1. The lowest BCUT2D eigenvalue weighted by Gasteiger charge is -2.17. The second kappa shape index (κ2) is 11.5. The molecule has 1 heterocycles. The number of halogens is 1. The van der Waals surface area contributed by atoms with Gasteiger partial charge in [0.25, 0.3) is 0 Å². The van der Waals surface area contributed by atoms with Gasteiger partial charge in [0.15, 0.2) is 17.6 Å². The molecule has 162 valence electrons. The van der Waals surface area contributed by atoms with Crippen molar-refractivity contribution in [2.24, 2.45) is 5.10 Å². The lowest BCUT2D eigenvalue weighted by atomic mass is 10.2. The minimum atomic E-state index is -0.796. The molecule has 1 N–H and O–H groups in total. The number of carbonyl (C=O) groups excluding carboxylic acids is 2. The first-order chi connectivity index (χ1) is 14.4. The summed E-state index contributed by atoms with van der Waals surface area (Å²) in [5.74, 6) is -0.0141. The number of rotatable bonds is 10. The average molecular weight is 500 g/mol. The van der Waals surface area contributed by atoms with E-state index in [-0.39, 0.29) is 12.4 Å². The minimum Gasteiger partial charge on any atom is -0.493 e. The van der Waals surface area contributed by atoms with Crippen LogP contribution < -0.4 is 14.9 Å². The number of benzene rings is 1. The third kappa shape index (κ3) is 6.70. The molecule has 0 aliphatic carbocycles. The molecular formula is C19H22BrN3O6S. The number of anilines is 1. The summed E-state index contributed by atoms with van der Waals surface area (Å²) in [5, 5.41) is 6.47. The highest BCUT2D eigenvalue weighted by atomic mass is 79.9. The van der Waals surface area contributed by atoms with Crippen molar-refractivity contribution in [3.8, 4) is 11.5 Å². The van der Waals surface area contributed by atoms with Gasteiger partial charge >= 0.3 is 11.9 Å². The quantitative estimate of drug-likeness (QED) is 0.301. The number of thiazole rings is 1. The molecule has 30 heavy (non-hydrogen) atoms. The summed E-state index contributed by atoms with van der Waals surface area (Å²) in [7, 11) is 2.79. The number of aromatic nitrogens is 1. The molecule has 2 aromatic rings. The highest BCUT2D eigenvalue weighted by molar-refractivity contribution is 9.10. The molecule has 1 aromatic carbocycles. The second-order valence-corrected chi connectivity index (χ2v) is 7.53. The zero-order chi connectivity index (χ0) is 22.1. The molecule has 0 spiro atoms. The van der Waals surface area contributed by atoms with Gasteiger partial charge < -0.3 is 18.9 Å². The Balaban J connectivity index is 2.05. The number of methoxy groups -OCH3 is 2. The van der Waals surface area contributed by atoms with Gasteiger partial charge in [0.2, 0.25) is 5.13 Å². The zero-order valence-electron chi connectivity index (χ0n) is 16.9. The van der Waals surface area contributed by atoms with Crippen molar-refractivity contribution in [3.05, 3.63) is 33.2 Å². The van der Waals surface area contributed by atoms with Crippen LogP contribution in [0.1, 0.15) is 25.1 Å². The number of esters is 2. The molecule has 0 radical (unpaired) electrons. The maximum atomic E-state index is 11.6. The molecule has 1 aromatic heterocycles. The molecule has 2 rings (SSSR count). The number of hydrazone groups is 1. The van der Waals surface area contributed by atoms with E-state index in [0.717, 1.165) is 0 Å². The number of ether oxygens (including phenoxy) is 4. The van der Waals surface area contributed by atoms with E-state index >= 15 is 0 Å². The van der Waals surface area contributed by atoms with Crippen LogP contribution in [0.15, 0.2) is 27.1 Å². The molecule has 0 fully saturated rings. The van der Waals surface area contributed by atoms with Crippen molar-refractivity contribution in [2.45, 2.75) is 26.4 Å². The van der Waals surface area contributed by atoms with Crippen LogP contribution in [-0.4, -0.2) is 50.1 Å². The third-order valence-electron chi connectivity index (χ3n) is 3.64. The van der Waals surface area contributed by atoms with E-state index in [4.69, 9.17) is 14.2 Å². The van der Waals surface area contributed by atoms with Gasteiger partial charge in [0, 0.05) is 5.38 Å². The van der Waals surface area contributed by atoms with Crippen LogP contribution in [-0.2, 0) is 25.5 Å². The highest BCUT2D eigenvalue weighted by Gasteiger charge is 2.20. The van der Waals surface area contributed by atoms with Crippen LogP contribution in [0.25, 0.3) is 0 Å².